The molecule has 0 aliphatic carbocycles. The minimum atomic E-state index is 0.131. The molecule has 0 saturated carbocycles. The van der Waals surface area contributed by atoms with E-state index in [2.05, 4.69) is 28.6 Å². The Morgan fingerprint density at radius 3 is 2.48 bits per heavy atom. The second-order valence-electron chi connectivity index (χ2n) is 7.05. The van der Waals surface area contributed by atoms with Crippen LogP contribution in [0.15, 0.2) is 67.0 Å². The van der Waals surface area contributed by atoms with Crippen molar-refractivity contribution >= 4 is 5.91 Å². The van der Waals surface area contributed by atoms with Crippen molar-refractivity contribution < 1.29 is 4.79 Å². The molecule has 1 aromatic heterocycles. The van der Waals surface area contributed by atoms with Crippen LogP contribution in [0, 0.1) is 0 Å². The van der Waals surface area contributed by atoms with E-state index in [9.17, 15) is 4.79 Å². The van der Waals surface area contributed by atoms with E-state index in [1.807, 2.05) is 59.8 Å². The van der Waals surface area contributed by atoms with Gasteiger partial charge in [-0.15, -0.1) is 0 Å². The average molecular weight is 359 g/mol. The quantitative estimate of drug-likeness (QED) is 0.683. The number of hydrogen-bond acceptors (Lipinski definition) is 2. The van der Waals surface area contributed by atoms with Gasteiger partial charge in [0.1, 0.15) is 5.82 Å². The lowest BCUT2D eigenvalue weighted by Crippen LogP contribution is -2.38. The lowest BCUT2D eigenvalue weighted by Gasteiger charge is -2.32. The molecule has 1 amide bonds. The third-order valence-corrected chi connectivity index (χ3v) is 5.48. The molecule has 2 aromatic carbocycles. The third kappa shape index (κ3) is 3.52. The SMILES string of the molecule is CCn1ccnc1C1CCN(C(=O)c2ccccc2-c2ccccc2)CC1. The summed E-state index contributed by atoms with van der Waals surface area (Å²) < 4.78 is 2.22. The lowest BCUT2D eigenvalue weighted by atomic mass is 9.94. The van der Waals surface area contributed by atoms with Gasteiger partial charge in [0.25, 0.3) is 5.91 Å². The standard InChI is InChI=1S/C23H25N3O/c1-2-25-17-14-24-22(25)19-12-15-26(16-13-19)23(27)21-11-7-6-10-20(21)18-8-4-3-5-9-18/h3-11,14,17,19H,2,12-13,15-16H2,1H3. The second-order valence-corrected chi connectivity index (χ2v) is 7.05. The predicted molar refractivity (Wildman–Crippen MR) is 108 cm³/mol. The molecule has 138 valence electrons. The monoisotopic (exact) mass is 359 g/mol. The maximum Gasteiger partial charge on any atom is 0.254 e. The largest absolute Gasteiger partial charge is 0.339 e. The minimum absolute atomic E-state index is 0.131. The van der Waals surface area contributed by atoms with Crippen molar-refractivity contribution in [2.24, 2.45) is 0 Å². The summed E-state index contributed by atoms with van der Waals surface area (Å²) in [6.45, 7) is 4.65. The van der Waals surface area contributed by atoms with Gasteiger partial charge in [-0.25, -0.2) is 4.98 Å². The Hall–Kier alpha value is -2.88. The van der Waals surface area contributed by atoms with Crippen LogP contribution in [-0.4, -0.2) is 33.4 Å². The molecule has 4 heteroatoms. The van der Waals surface area contributed by atoms with E-state index in [1.54, 1.807) is 0 Å². The van der Waals surface area contributed by atoms with Crippen LogP contribution in [0.4, 0.5) is 0 Å². The number of piperidine rings is 1. The molecule has 3 aromatic rings. The molecular formula is C23H25N3O. The Kier molecular flexibility index (Phi) is 5.05. The average Bonchev–Trinajstić information content (AvgIpc) is 3.23. The first-order valence-electron chi connectivity index (χ1n) is 9.72. The van der Waals surface area contributed by atoms with Crippen molar-refractivity contribution in [3.8, 4) is 11.1 Å². The van der Waals surface area contributed by atoms with Gasteiger partial charge >= 0.3 is 0 Å². The van der Waals surface area contributed by atoms with Crippen molar-refractivity contribution in [3.05, 3.63) is 78.4 Å². The van der Waals surface area contributed by atoms with Crippen molar-refractivity contribution in [1.29, 1.82) is 0 Å². The molecule has 4 nitrogen and oxygen atoms in total. The van der Waals surface area contributed by atoms with E-state index in [-0.39, 0.29) is 5.91 Å². The highest BCUT2D eigenvalue weighted by atomic mass is 16.2. The minimum Gasteiger partial charge on any atom is -0.339 e. The zero-order valence-corrected chi connectivity index (χ0v) is 15.7. The van der Waals surface area contributed by atoms with Crippen LogP contribution in [0.3, 0.4) is 0 Å². The normalized spacial score (nSPS) is 15.1. The molecule has 0 N–H and O–H groups in total. The first kappa shape index (κ1) is 17.5. The number of benzene rings is 2. The number of nitrogens with zero attached hydrogens (tertiary/aromatic N) is 3. The fourth-order valence-electron chi connectivity index (χ4n) is 4.00. The van der Waals surface area contributed by atoms with Gasteiger partial charge in [0.2, 0.25) is 0 Å². The molecule has 27 heavy (non-hydrogen) atoms. The number of imidazole rings is 1. The lowest BCUT2D eigenvalue weighted by molar-refractivity contribution is 0.0711. The van der Waals surface area contributed by atoms with Crippen LogP contribution >= 0.6 is 0 Å². The number of amides is 1. The zero-order valence-electron chi connectivity index (χ0n) is 15.7. The number of carbonyl (C=O) groups excluding carboxylic acids is 1. The van der Waals surface area contributed by atoms with Crippen molar-refractivity contribution in [1.82, 2.24) is 14.5 Å². The Morgan fingerprint density at radius 2 is 1.74 bits per heavy atom. The molecule has 0 bridgehead atoms. The molecule has 0 spiro atoms. The first-order valence-corrected chi connectivity index (χ1v) is 9.72. The number of likely N-dealkylation sites (tertiary alicyclic amines) is 1. The van der Waals surface area contributed by atoms with Crippen LogP contribution in [0.2, 0.25) is 0 Å². The van der Waals surface area contributed by atoms with Gasteiger partial charge in [-0.1, -0.05) is 48.5 Å². The second kappa shape index (κ2) is 7.78. The third-order valence-electron chi connectivity index (χ3n) is 5.48. The van der Waals surface area contributed by atoms with Gasteiger partial charge in [-0.3, -0.25) is 4.79 Å². The fourth-order valence-corrected chi connectivity index (χ4v) is 4.00. The highest BCUT2D eigenvalue weighted by Gasteiger charge is 2.27. The molecule has 1 aliphatic rings. The topological polar surface area (TPSA) is 38.1 Å². The van der Waals surface area contributed by atoms with Gasteiger partial charge in [0, 0.05) is 43.5 Å². The van der Waals surface area contributed by atoms with E-state index in [0.717, 1.165) is 55.0 Å². The maximum absolute atomic E-state index is 13.2. The molecular weight excluding hydrogens is 334 g/mol. The molecule has 0 atom stereocenters. The highest BCUT2D eigenvalue weighted by molar-refractivity contribution is 6.00. The number of aryl methyl sites for hydroxylation is 1. The molecule has 1 aliphatic heterocycles. The molecule has 1 saturated heterocycles. The summed E-state index contributed by atoms with van der Waals surface area (Å²) in [7, 11) is 0. The summed E-state index contributed by atoms with van der Waals surface area (Å²) in [6.07, 6.45) is 5.86. The van der Waals surface area contributed by atoms with Gasteiger partial charge in [-0.2, -0.15) is 0 Å². The zero-order chi connectivity index (χ0) is 18.6. The van der Waals surface area contributed by atoms with Crippen LogP contribution < -0.4 is 0 Å². The predicted octanol–water partition coefficient (Wildman–Crippen LogP) is 4.59. The maximum atomic E-state index is 13.2. The number of rotatable bonds is 4. The van der Waals surface area contributed by atoms with Gasteiger partial charge in [-0.05, 0) is 37.0 Å². The van der Waals surface area contributed by atoms with Crippen molar-refractivity contribution in [2.75, 3.05) is 13.1 Å². The van der Waals surface area contributed by atoms with E-state index < -0.39 is 0 Å². The Balaban J connectivity index is 1.51. The molecule has 0 radical (unpaired) electrons. The van der Waals surface area contributed by atoms with E-state index in [4.69, 9.17) is 0 Å². The van der Waals surface area contributed by atoms with E-state index >= 15 is 0 Å². The Bertz CT molecular complexity index is 908. The number of carbonyl (C=O) groups is 1. The smallest absolute Gasteiger partial charge is 0.254 e. The van der Waals surface area contributed by atoms with Gasteiger partial charge < -0.3 is 9.47 Å². The van der Waals surface area contributed by atoms with Crippen molar-refractivity contribution in [2.45, 2.75) is 32.2 Å². The molecule has 1 fully saturated rings. The summed E-state index contributed by atoms with van der Waals surface area (Å²) >= 11 is 0. The number of hydrogen-bond donors (Lipinski definition) is 0. The summed E-state index contributed by atoms with van der Waals surface area (Å²) in [6, 6.07) is 18.1. The van der Waals surface area contributed by atoms with Gasteiger partial charge in [0.15, 0.2) is 0 Å². The van der Waals surface area contributed by atoms with Crippen LogP contribution in [-0.2, 0) is 6.54 Å². The highest BCUT2D eigenvalue weighted by Crippen LogP contribution is 2.30. The fraction of sp³-hybridized carbons (Fsp3) is 0.304. The molecule has 2 heterocycles. The van der Waals surface area contributed by atoms with Crippen LogP contribution in [0.5, 0.6) is 0 Å². The Labute approximate surface area is 160 Å². The van der Waals surface area contributed by atoms with Crippen LogP contribution in [0.1, 0.15) is 41.9 Å². The summed E-state index contributed by atoms with van der Waals surface area (Å²) in [4.78, 5) is 19.8. The summed E-state index contributed by atoms with van der Waals surface area (Å²) in [5, 5.41) is 0. The summed E-state index contributed by atoms with van der Waals surface area (Å²) in [5.41, 5.74) is 2.88. The van der Waals surface area contributed by atoms with E-state index in [1.165, 1.54) is 0 Å². The van der Waals surface area contributed by atoms with E-state index in [0.29, 0.717) is 5.92 Å². The first-order chi connectivity index (χ1) is 13.3. The molecule has 0 unspecified atom stereocenters. The van der Waals surface area contributed by atoms with Crippen molar-refractivity contribution in [3.63, 3.8) is 0 Å². The molecule has 4 rings (SSSR count). The van der Waals surface area contributed by atoms with Crippen LogP contribution in [0.25, 0.3) is 11.1 Å². The van der Waals surface area contributed by atoms with Gasteiger partial charge in [0.05, 0.1) is 0 Å². The Morgan fingerprint density at radius 1 is 1.04 bits per heavy atom. The number of aromatic nitrogens is 2. The summed E-state index contributed by atoms with van der Waals surface area (Å²) in [5.74, 6) is 1.73.